The van der Waals surface area contributed by atoms with Crippen LogP contribution in [0, 0.1) is 29.0 Å². The summed E-state index contributed by atoms with van der Waals surface area (Å²) < 4.78 is 15.2. The van der Waals surface area contributed by atoms with Gasteiger partial charge in [-0.3, -0.25) is 14.3 Å². The highest BCUT2D eigenvalue weighted by molar-refractivity contribution is 5.96. The van der Waals surface area contributed by atoms with Crippen molar-refractivity contribution in [3.63, 3.8) is 0 Å². The van der Waals surface area contributed by atoms with Crippen LogP contribution in [0.1, 0.15) is 46.1 Å². The summed E-state index contributed by atoms with van der Waals surface area (Å²) in [5.74, 6) is 3.19. The molecule has 0 spiro atoms. The lowest BCUT2D eigenvalue weighted by molar-refractivity contribution is -0.108. The maximum atomic E-state index is 14.0. The Hall–Kier alpha value is -4.11. The number of benzene rings is 2. The van der Waals surface area contributed by atoms with Crippen LogP contribution < -0.4 is 16.2 Å². The van der Waals surface area contributed by atoms with Gasteiger partial charge in [0.05, 0.1) is 16.9 Å². The van der Waals surface area contributed by atoms with Crippen LogP contribution >= 0.6 is 0 Å². The molecule has 9 heteroatoms. The van der Waals surface area contributed by atoms with Gasteiger partial charge in [-0.2, -0.15) is 0 Å². The van der Waals surface area contributed by atoms with Gasteiger partial charge in [0.1, 0.15) is 11.6 Å². The zero-order chi connectivity index (χ0) is 32.0. The van der Waals surface area contributed by atoms with Crippen molar-refractivity contribution in [3.8, 4) is 11.4 Å². The molecule has 4 aliphatic rings. The third-order valence-corrected chi connectivity index (χ3v) is 11.0. The van der Waals surface area contributed by atoms with E-state index in [4.69, 9.17) is 9.98 Å². The lowest BCUT2D eigenvalue weighted by Gasteiger charge is -2.61. The summed E-state index contributed by atoms with van der Waals surface area (Å²) in [4.78, 5) is 31.0. The molecule has 2 aromatic heterocycles. The van der Waals surface area contributed by atoms with E-state index in [0.29, 0.717) is 53.0 Å². The fraction of sp³-hybridized carbons (Fsp3) is 0.459. The van der Waals surface area contributed by atoms with Crippen LogP contribution in [0.15, 0.2) is 76.8 Å². The van der Waals surface area contributed by atoms with Gasteiger partial charge in [-0.15, -0.1) is 0 Å². The van der Waals surface area contributed by atoms with Gasteiger partial charge >= 0.3 is 0 Å². The number of nitrogens with zero attached hydrogens (tertiary/aromatic N) is 5. The van der Waals surface area contributed by atoms with E-state index in [1.807, 2.05) is 30.3 Å². The number of hydrogen-bond donors (Lipinski definition) is 2. The van der Waals surface area contributed by atoms with Crippen LogP contribution in [-0.4, -0.2) is 57.1 Å². The van der Waals surface area contributed by atoms with Crippen molar-refractivity contribution >= 4 is 22.5 Å². The lowest BCUT2D eigenvalue weighted by Crippen LogP contribution is -2.57. The van der Waals surface area contributed by atoms with Crippen molar-refractivity contribution < 1.29 is 4.39 Å². The number of fused-ring (bicyclic) bond motifs is 3. The first kappa shape index (κ1) is 30.5. The number of aliphatic imine (C=N–C) groups is 1. The molecule has 4 aromatic rings. The molecule has 3 saturated carbocycles. The van der Waals surface area contributed by atoms with Gasteiger partial charge in [0.2, 0.25) is 0 Å². The van der Waals surface area contributed by atoms with Crippen LogP contribution in [0.4, 0.5) is 10.1 Å². The zero-order valence-electron chi connectivity index (χ0n) is 27.2. The van der Waals surface area contributed by atoms with Gasteiger partial charge in [-0.25, -0.2) is 14.4 Å². The monoisotopic (exact) mass is 621 g/mol. The summed E-state index contributed by atoms with van der Waals surface area (Å²) in [6, 6.07) is 16.6. The van der Waals surface area contributed by atoms with E-state index < -0.39 is 0 Å². The smallest absolute Gasteiger partial charge is 0.261 e. The van der Waals surface area contributed by atoms with Crippen molar-refractivity contribution in [3.05, 3.63) is 88.7 Å². The van der Waals surface area contributed by atoms with Crippen molar-refractivity contribution in [1.29, 1.82) is 0 Å². The minimum absolute atomic E-state index is 0.104. The Morgan fingerprint density at radius 1 is 1.09 bits per heavy atom. The Labute approximate surface area is 270 Å². The molecule has 0 unspecified atom stereocenters. The fourth-order valence-corrected chi connectivity index (χ4v) is 8.02. The maximum absolute atomic E-state index is 14.0. The lowest BCUT2D eigenvalue weighted by atomic mass is 9.45. The van der Waals surface area contributed by atoms with E-state index in [1.54, 1.807) is 29.1 Å². The molecular formula is C37H44FN7O. The molecule has 240 valence electrons. The minimum Gasteiger partial charge on any atom is -0.340 e. The quantitative estimate of drug-likeness (QED) is 0.204. The molecule has 8 nitrogen and oxygen atoms in total. The van der Waals surface area contributed by atoms with Gasteiger partial charge < -0.3 is 15.5 Å². The Bertz CT molecular complexity index is 1800. The van der Waals surface area contributed by atoms with Crippen molar-refractivity contribution in [1.82, 2.24) is 24.8 Å². The number of guanidine groups is 1. The maximum Gasteiger partial charge on any atom is 0.261 e. The number of anilines is 1. The molecule has 2 N–H and O–H groups in total. The number of aryl methyl sites for hydroxylation is 1. The SMILES string of the molecule is C[C@@H]1[C@@H](N=C(Nc2ccc3c(=O)n(CCc4ccc(F)cc4)c(-c4ccncc4)nc3c2)N2CCN[C@@H](C)C2)C[C@@H]2C[C@H]1C2(C)C. The second kappa shape index (κ2) is 12.2. The molecule has 46 heavy (non-hydrogen) atoms. The number of rotatable bonds is 6. The second-order valence-corrected chi connectivity index (χ2v) is 14.1. The van der Waals surface area contributed by atoms with Crippen molar-refractivity contribution in [2.45, 2.75) is 65.6 Å². The topological polar surface area (TPSA) is 87.4 Å². The molecule has 0 radical (unpaired) electrons. The van der Waals surface area contributed by atoms with E-state index in [-0.39, 0.29) is 17.4 Å². The Morgan fingerprint density at radius 2 is 1.87 bits per heavy atom. The van der Waals surface area contributed by atoms with E-state index in [1.165, 1.54) is 18.6 Å². The molecule has 1 aliphatic heterocycles. The van der Waals surface area contributed by atoms with Crippen LogP contribution in [0.3, 0.4) is 0 Å². The van der Waals surface area contributed by atoms with Crippen LogP contribution in [0.2, 0.25) is 0 Å². The summed E-state index contributed by atoms with van der Waals surface area (Å²) in [6.07, 6.45) is 6.45. The average Bonchev–Trinajstić information content (AvgIpc) is 3.05. The summed E-state index contributed by atoms with van der Waals surface area (Å²) in [5.41, 5.74) is 3.57. The molecule has 8 rings (SSSR count). The highest BCUT2D eigenvalue weighted by Gasteiger charge is 2.56. The molecular weight excluding hydrogens is 577 g/mol. The van der Waals surface area contributed by atoms with Crippen LogP contribution in [-0.2, 0) is 13.0 Å². The number of pyridine rings is 1. The van der Waals surface area contributed by atoms with Gasteiger partial charge in [0, 0.05) is 55.9 Å². The first-order valence-electron chi connectivity index (χ1n) is 16.7. The Kier molecular flexibility index (Phi) is 8.13. The highest BCUT2D eigenvalue weighted by atomic mass is 19.1. The number of halogens is 1. The first-order chi connectivity index (χ1) is 22.2. The molecule has 4 fully saturated rings. The van der Waals surface area contributed by atoms with Crippen LogP contribution in [0.5, 0.6) is 0 Å². The minimum atomic E-state index is -0.274. The van der Waals surface area contributed by atoms with E-state index in [9.17, 15) is 9.18 Å². The largest absolute Gasteiger partial charge is 0.340 e. The third kappa shape index (κ3) is 5.81. The van der Waals surface area contributed by atoms with E-state index >= 15 is 0 Å². The summed E-state index contributed by atoms with van der Waals surface area (Å²) in [6.45, 7) is 12.5. The summed E-state index contributed by atoms with van der Waals surface area (Å²) in [5, 5.41) is 7.79. The van der Waals surface area contributed by atoms with Gasteiger partial charge in [0.15, 0.2) is 5.96 Å². The van der Waals surface area contributed by atoms with Gasteiger partial charge in [-0.1, -0.05) is 32.9 Å². The normalized spacial score (nSPS) is 25.7. The third-order valence-electron chi connectivity index (χ3n) is 11.0. The summed E-state index contributed by atoms with van der Waals surface area (Å²) in [7, 11) is 0. The van der Waals surface area contributed by atoms with Gasteiger partial charge in [-0.05, 0) is 97.4 Å². The van der Waals surface area contributed by atoms with Crippen LogP contribution in [0.25, 0.3) is 22.3 Å². The molecule has 3 heterocycles. The number of nitrogens with one attached hydrogen (secondary N) is 2. The number of hydrogen-bond acceptors (Lipinski definition) is 5. The first-order valence-corrected chi connectivity index (χ1v) is 16.7. The van der Waals surface area contributed by atoms with Crippen molar-refractivity contribution in [2.24, 2.45) is 28.2 Å². The van der Waals surface area contributed by atoms with E-state index in [2.05, 4.69) is 48.2 Å². The van der Waals surface area contributed by atoms with Gasteiger partial charge in [0.25, 0.3) is 5.56 Å². The zero-order valence-corrected chi connectivity index (χ0v) is 27.2. The number of piperazine rings is 1. The molecule has 3 aliphatic carbocycles. The molecule has 2 aromatic carbocycles. The molecule has 5 atom stereocenters. The Morgan fingerprint density at radius 3 is 2.59 bits per heavy atom. The predicted molar refractivity (Wildman–Crippen MR) is 182 cm³/mol. The fourth-order valence-electron chi connectivity index (χ4n) is 8.02. The molecule has 0 amide bonds. The molecule has 1 saturated heterocycles. The predicted octanol–water partition coefficient (Wildman–Crippen LogP) is 5.97. The summed E-state index contributed by atoms with van der Waals surface area (Å²) >= 11 is 0. The highest BCUT2D eigenvalue weighted by Crippen LogP contribution is 2.61. The number of aromatic nitrogens is 3. The average molecular weight is 622 g/mol. The standard InChI is InChI=1S/C37H44FN7O/c1-23-22-44(18-16-40-23)36(43-32-20-27-19-31(24(32)2)37(27,3)4)41-29-9-10-30-33(21-29)42-34(26-11-14-39-15-12-26)45(35(30)46)17-13-25-5-7-28(38)8-6-25/h5-12,14-15,21,23-24,27,31-32,40H,13,16-20,22H2,1-4H3,(H,41,43)/t23-,24-,27-,31+,32-/m0/s1. The Balaban J connectivity index is 1.23. The van der Waals surface area contributed by atoms with E-state index in [0.717, 1.165) is 54.7 Å². The van der Waals surface area contributed by atoms with Crippen molar-refractivity contribution in [2.75, 3.05) is 25.0 Å². The molecule has 2 bridgehead atoms. The second-order valence-electron chi connectivity index (χ2n) is 14.1.